The number of fused-ring (bicyclic) bond motifs is 10. The first-order valence-corrected chi connectivity index (χ1v) is 27.9. The minimum atomic E-state index is -0.421. The molecular weight excluding hydrogens is 983 g/mol. The van der Waals surface area contributed by atoms with Crippen LogP contribution in [0.2, 0.25) is 0 Å². The van der Waals surface area contributed by atoms with Crippen LogP contribution in [0.4, 0.5) is 0 Å². The van der Waals surface area contributed by atoms with Gasteiger partial charge in [-0.1, -0.05) is 243 Å². The second kappa shape index (κ2) is 17.8. The SMILES string of the molecule is c1ccc(-c2nc(-c3cccc(-c4ccc5c(c4)C4(c6ccccc6-c6ccccc64)c4ccccc4-5)c3)cc(-c3ccc4c(c3)C3c5ccccc5C4c4cc(-c5nc(-c6ccccc6)nc(-c6ccccc6)n5)ccc43)n2)cc1. The van der Waals surface area contributed by atoms with Gasteiger partial charge in [-0.2, -0.15) is 0 Å². The fourth-order valence-corrected chi connectivity index (χ4v) is 14.0. The average molecular weight is 1030 g/mol. The molecule has 81 heavy (non-hydrogen) atoms. The van der Waals surface area contributed by atoms with Crippen LogP contribution in [-0.2, 0) is 5.41 Å². The van der Waals surface area contributed by atoms with E-state index in [9.17, 15) is 0 Å². The Bertz CT molecular complexity index is 4600. The molecule has 2 unspecified atom stereocenters. The van der Waals surface area contributed by atoms with E-state index in [1.165, 1.54) is 83.5 Å². The van der Waals surface area contributed by atoms with Crippen LogP contribution in [0.3, 0.4) is 0 Å². The van der Waals surface area contributed by atoms with Gasteiger partial charge in [0.05, 0.1) is 16.8 Å². The van der Waals surface area contributed by atoms with Crippen LogP contribution in [-0.4, -0.2) is 24.9 Å². The van der Waals surface area contributed by atoms with Crippen LogP contribution in [0, 0.1) is 0 Å². The number of hydrogen-bond acceptors (Lipinski definition) is 5. The molecule has 0 N–H and O–H groups in total. The summed E-state index contributed by atoms with van der Waals surface area (Å²) in [5.41, 5.74) is 28.0. The summed E-state index contributed by atoms with van der Waals surface area (Å²) in [7, 11) is 0. The van der Waals surface area contributed by atoms with E-state index in [0.717, 1.165) is 50.3 Å². The molecule has 1 spiro atoms. The van der Waals surface area contributed by atoms with Crippen molar-refractivity contribution >= 4 is 0 Å². The Labute approximate surface area is 469 Å². The zero-order valence-corrected chi connectivity index (χ0v) is 43.9. The zero-order chi connectivity index (χ0) is 53.2. The molecule has 2 heterocycles. The first-order valence-electron chi connectivity index (χ1n) is 27.9. The lowest BCUT2D eigenvalue weighted by Gasteiger charge is -2.42. The van der Waals surface area contributed by atoms with Gasteiger partial charge in [0.1, 0.15) is 0 Å². The van der Waals surface area contributed by atoms with E-state index in [4.69, 9.17) is 24.9 Å². The van der Waals surface area contributed by atoms with Gasteiger partial charge in [0, 0.05) is 45.2 Å². The van der Waals surface area contributed by atoms with Gasteiger partial charge >= 0.3 is 0 Å². The molecule has 11 aromatic carbocycles. The largest absolute Gasteiger partial charge is 0.228 e. The summed E-state index contributed by atoms with van der Waals surface area (Å²) in [6, 6.07) is 98.9. The quantitative estimate of drug-likeness (QED) is 0.159. The van der Waals surface area contributed by atoms with Gasteiger partial charge in [0.2, 0.25) is 0 Å². The van der Waals surface area contributed by atoms with Gasteiger partial charge < -0.3 is 0 Å². The van der Waals surface area contributed by atoms with E-state index in [1.54, 1.807) is 0 Å². The highest BCUT2D eigenvalue weighted by Gasteiger charge is 2.51. The fourth-order valence-electron chi connectivity index (χ4n) is 14.0. The molecule has 5 aliphatic carbocycles. The summed E-state index contributed by atoms with van der Waals surface area (Å²) in [5.74, 6) is 2.71. The minimum absolute atomic E-state index is 0.0271. The van der Waals surface area contributed by atoms with Crippen molar-refractivity contribution in [1.29, 1.82) is 0 Å². The molecule has 0 saturated carbocycles. The van der Waals surface area contributed by atoms with Gasteiger partial charge in [0.15, 0.2) is 23.3 Å². The lowest BCUT2D eigenvalue weighted by molar-refractivity contribution is 0.754. The number of benzene rings is 11. The van der Waals surface area contributed by atoms with Crippen molar-refractivity contribution in [2.45, 2.75) is 17.3 Å². The number of rotatable bonds is 7. The van der Waals surface area contributed by atoms with Crippen LogP contribution in [0.15, 0.2) is 273 Å². The molecule has 0 fully saturated rings. The number of hydrogen-bond donors (Lipinski definition) is 0. The molecule has 0 saturated heterocycles. The number of aromatic nitrogens is 5. The summed E-state index contributed by atoms with van der Waals surface area (Å²) in [6.07, 6.45) is 0. The smallest absolute Gasteiger partial charge is 0.164 e. The van der Waals surface area contributed by atoms with Crippen LogP contribution in [0.5, 0.6) is 0 Å². The molecule has 0 amide bonds. The Hall–Kier alpha value is -10.5. The Morgan fingerprint density at radius 1 is 0.210 bits per heavy atom. The predicted molar refractivity (Wildman–Crippen MR) is 325 cm³/mol. The summed E-state index contributed by atoms with van der Waals surface area (Å²) in [6.45, 7) is 0. The van der Waals surface area contributed by atoms with Crippen molar-refractivity contribution in [1.82, 2.24) is 24.9 Å². The van der Waals surface area contributed by atoms with E-state index in [2.05, 4.69) is 231 Å². The van der Waals surface area contributed by atoms with Gasteiger partial charge in [-0.25, -0.2) is 24.9 Å². The molecule has 2 atom stereocenters. The van der Waals surface area contributed by atoms with Crippen molar-refractivity contribution in [2.24, 2.45) is 0 Å². The highest BCUT2D eigenvalue weighted by Crippen LogP contribution is 2.63. The Morgan fingerprint density at radius 3 is 1.10 bits per heavy atom. The first kappa shape index (κ1) is 45.5. The van der Waals surface area contributed by atoms with E-state index in [-0.39, 0.29) is 11.8 Å². The summed E-state index contributed by atoms with van der Waals surface area (Å²) < 4.78 is 0. The topological polar surface area (TPSA) is 64.5 Å². The molecule has 13 aromatic rings. The molecular formula is C76H47N5. The van der Waals surface area contributed by atoms with E-state index in [0.29, 0.717) is 23.3 Å². The fraction of sp³-hybridized carbons (Fsp3) is 0.0395. The Kier molecular flexibility index (Phi) is 9.98. The van der Waals surface area contributed by atoms with Crippen molar-refractivity contribution in [3.63, 3.8) is 0 Å². The maximum absolute atomic E-state index is 5.39. The van der Waals surface area contributed by atoms with Crippen LogP contribution >= 0.6 is 0 Å². The van der Waals surface area contributed by atoms with Crippen molar-refractivity contribution in [3.05, 3.63) is 329 Å². The molecule has 376 valence electrons. The monoisotopic (exact) mass is 1030 g/mol. The van der Waals surface area contributed by atoms with E-state index in [1.807, 2.05) is 42.5 Å². The standard InChI is InChI=1S/C76H47N5/c1-4-19-46(20-5-1)72-77-68(51-26-18-25-49(41-51)50-35-38-57-56-29-14-17-34-66(56)76(67(57)44-50)64-32-15-12-27-54(64)55-28-13-16-33-65(55)76)45-69(78-72)52-36-39-60-62(42-52)70-58-30-10-11-31-59(58)71(60)63-43-53(37-40-61(63)70)75-80-73(47-21-6-2-7-22-47)79-74(81-75)48-23-8-3-9-24-48/h1-45,70-71H. The van der Waals surface area contributed by atoms with Gasteiger partial charge in [-0.15, -0.1) is 0 Å². The third-order valence-corrected chi connectivity index (χ3v) is 17.5. The van der Waals surface area contributed by atoms with Crippen LogP contribution in [0.25, 0.3) is 101 Å². The average Bonchev–Trinajstić information content (AvgIpc) is 3.99. The van der Waals surface area contributed by atoms with Gasteiger partial charge in [-0.3, -0.25) is 0 Å². The highest BCUT2D eigenvalue weighted by molar-refractivity contribution is 5.96. The maximum Gasteiger partial charge on any atom is 0.164 e. The molecule has 2 bridgehead atoms. The van der Waals surface area contributed by atoms with E-state index >= 15 is 0 Å². The zero-order valence-electron chi connectivity index (χ0n) is 43.9. The normalized spacial score (nSPS) is 15.0. The third-order valence-electron chi connectivity index (χ3n) is 17.5. The van der Waals surface area contributed by atoms with Crippen molar-refractivity contribution in [3.8, 4) is 101 Å². The van der Waals surface area contributed by atoms with Crippen molar-refractivity contribution < 1.29 is 0 Å². The Balaban J connectivity index is 0.771. The number of nitrogens with zero attached hydrogens (tertiary/aromatic N) is 5. The molecule has 0 radical (unpaired) electrons. The Morgan fingerprint density at radius 2 is 0.568 bits per heavy atom. The third kappa shape index (κ3) is 6.88. The van der Waals surface area contributed by atoms with Crippen molar-refractivity contribution in [2.75, 3.05) is 0 Å². The van der Waals surface area contributed by atoms with Gasteiger partial charge in [-0.05, 0) is 119 Å². The maximum atomic E-state index is 5.39. The highest BCUT2D eigenvalue weighted by atomic mass is 15.0. The molecule has 5 aliphatic rings. The summed E-state index contributed by atoms with van der Waals surface area (Å²) in [4.78, 5) is 26.0. The van der Waals surface area contributed by atoms with Crippen LogP contribution < -0.4 is 0 Å². The van der Waals surface area contributed by atoms with Gasteiger partial charge in [0.25, 0.3) is 0 Å². The van der Waals surface area contributed by atoms with Crippen LogP contribution in [0.1, 0.15) is 67.5 Å². The lowest BCUT2D eigenvalue weighted by atomic mass is 9.60. The summed E-state index contributed by atoms with van der Waals surface area (Å²) in [5, 5.41) is 0. The molecule has 2 aromatic heterocycles. The molecule has 0 aliphatic heterocycles. The second-order valence-corrected chi connectivity index (χ2v) is 21.8. The molecule has 18 rings (SSSR count). The summed E-state index contributed by atoms with van der Waals surface area (Å²) >= 11 is 0. The second-order valence-electron chi connectivity index (χ2n) is 21.8. The molecule has 5 nitrogen and oxygen atoms in total. The minimum Gasteiger partial charge on any atom is -0.228 e. The predicted octanol–water partition coefficient (Wildman–Crippen LogP) is 17.7. The first-order chi connectivity index (χ1) is 40.1. The molecule has 5 heteroatoms. The lowest BCUT2D eigenvalue weighted by Crippen LogP contribution is -2.27. The van der Waals surface area contributed by atoms with E-state index < -0.39 is 5.41 Å².